The summed E-state index contributed by atoms with van der Waals surface area (Å²) in [5.41, 5.74) is 12.1. The van der Waals surface area contributed by atoms with Gasteiger partial charge in [-0.15, -0.1) is 0 Å². The second-order valence-corrected chi connectivity index (χ2v) is 10.4. The van der Waals surface area contributed by atoms with Gasteiger partial charge >= 0.3 is 0 Å². The molecule has 3 rings (SSSR count). The first-order valence-electron chi connectivity index (χ1n) is 12.6. The molecule has 0 bridgehead atoms. The van der Waals surface area contributed by atoms with Crippen LogP contribution in [0.5, 0.6) is 0 Å². The maximum absolute atomic E-state index is 12.6. The van der Waals surface area contributed by atoms with Crippen LogP contribution in [0, 0.1) is 6.92 Å². The summed E-state index contributed by atoms with van der Waals surface area (Å²) >= 11 is 0. The molecule has 2 heterocycles. The lowest BCUT2D eigenvalue weighted by Crippen LogP contribution is -2.26. The number of aromatic nitrogens is 1. The summed E-state index contributed by atoms with van der Waals surface area (Å²) in [6.45, 7) is 13.3. The number of hydrogen-bond donors (Lipinski definition) is 1. The van der Waals surface area contributed by atoms with Gasteiger partial charge in [0.05, 0.1) is 5.56 Å². The fourth-order valence-corrected chi connectivity index (χ4v) is 5.01. The molecule has 0 atom stereocenters. The number of nitrogens with two attached hydrogens (primary N) is 1. The smallest absolute Gasteiger partial charge is 0.251 e. The van der Waals surface area contributed by atoms with Crippen LogP contribution in [-0.4, -0.2) is 34.4 Å². The molecule has 0 saturated carbocycles. The van der Waals surface area contributed by atoms with Crippen LogP contribution in [0.2, 0.25) is 0 Å². The summed E-state index contributed by atoms with van der Waals surface area (Å²) in [7, 11) is 0. The molecule has 1 saturated heterocycles. The highest BCUT2D eigenvalue weighted by atomic mass is 16.2. The lowest BCUT2D eigenvalue weighted by Gasteiger charge is -2.20. The van der Waals surface area contributed by atoms with Gasteiger partial charge in [0.2, 0.25) is 5.91 Å². The Morgan fingerprint density at radius 2 is 1.76 bits per heavy atom. The van der Waals surface area contributed by atoms with Crippen molar-refractivity contribution in [1.29, 1.82) is 0 Å². The Bertz CT molecular complexity index is 980. The number of amides is 2. The number of hydrogen-bond acceptors (Lipinski definition) is 2. The van der Waals surface area contributed by atoms with Crippen molar-refractivity contribution in [3.63, 3.8) is 0 Å². The highest BCUT2D eigenvalue weighted by molar-refractivity contribution is 6.02. The highest BCUT2D eigenvalue weighted by Gasteiger charge is 2.26. The van der Waals surface area contributed by atoms with Gasteiger partial charge in [-0.1, -0.05) is 64.8 Å². The van der Waals surface area contributed by atoms with E-state index in [9.17, 15) is 9.59 Å². The second-order valence-electron chi connectivity index (χ2n) is 10.4. The van der Waals surface area contributed by atoms with E-state index in [0.717, 1.165) is 75.0 Å². The molecular formula is C28H41N3O2. The van der Waals surface area contributed by atoms with Gasteiger partial charge in [-0.05, 0) is 49.1 Å². The largest absolute Gasteiger partial charge is 0.366 e. The van der Waals surface area contributed by atoms with Crippen molar-refractivity contribution in [2.45, 2.75) is 91.5 Å². The van der Waals surface area contributed by atoms with Gasteiger partial charge in [-0.25, -0.2) is 0 Å². The standard InChI is InChI=1S/C28H41N3O2/c1-6-7-8-11-23-26(21-13-15-22(16-14-21)28(3,4)5)25(27(29)33)20(2)31(23)19-10-18-30-17-9-12-24(30)32/h13-16H,6-12,17-19H2,1-5H3,(H2,29,33). The van der Waals surface area contributed by atoms with Crippen molar-refractivity contribution >= 4 is 11.8 Å². The highest BCUT2D eigenvalue weighted by Crippen LogP contribution is 2.35. The number of nitrogens with zero attached hydrogens (tertiary/aromatic N) is 2. The Morgan fingerprint density at radius 1 is 1.06 bits per heavy atom. The molecule has 2 aromatic rings. The van der Waals surface area contributed by atoms with Crippen LogP contribution in [0.1, 0.15) is 93.5 Å². The lowest BCUT2D eigenvalue weighted by molar-refractivity contribution is -0.127. The Labute approximate surface area is 199 Å². The van der Waals surface area contributed by atoms with Crippen molar-refractivity contribution in [3.05, 3.63) is 46.8 Å². The van der Waals surface area contributed by atoms with Crippen molar-refractivity contribution in [3.8, 4) is 11.1 Å². The van der Waals surface area contributed by atoms with Crippen LogP contribution in [0.25, 0.3) is 11.1 Å². The molecule has 1 fully saturated rings. The zero-order valence-corrected chi connectivity index (χ0v) is 21.2. The second kappa shape index (κ2) is 10.6. The predicted octanol–water partition coefficient (Wildman–Crippen LogP) is 5.61. The molecule has 5 heteroatoms. The molecule has 1 aromatic heterocycles. The third kappa shape index (κ3) is 5.69. The Morgan fingerprint density at radius 3 is 2.30 bits per heavy atom. The van der Waals surface area contributed by atoms with Gasteiger partial charge in [0, 0.05) is 43.0 Å². The fraction of sp³-hybridized carbons (Fsp3) is 0.571. The average Bonchev–Trinajstić information content (AvgIpc) is 3.29. The first kappa shape index (κ1) is 25.1. The van der Waals surface area contributed by atoms with E-state index in [1.807, 2.05) is 11.8 Å². The summed E-state index contributed by atoms with van der Waals surface area (Å²) in [5, 5.41) is 0. The van der Waals surface area contributed by atoms with Crippen molar-refractivity contribution in [2.24, 2.45) is 5.73 Å². The zero-order valence-electron chi connectivity index (χ0n) is 21.2. The lowest BCUT2D eigenvalue weighted by atomic mass is 9.86. The number of carbonyl (C=O) groups excluding carboxylic acids is 2. The number of carbonyl (C=O) groups is 2. The van der Waals surface area contributed by atoms with Gasteiger partial charge in [-0.3, -0.25) is 9.59 Å². The van der Waals surface area contributed by atoms with Gasteiger partial charge in [0.1, 0.15) is 0 Å². The van der Waals surface area contributed by atoms with Gasteiger partial charge < -0.3 is 15.2 Å². The van der Waals surface area contributed by atoms with Crippen molar-refractivity contribution in [2.75, 3.05) is 13.1 Å². The van der Waals surface area contributed by atoms with E-state index in [1.54, 1.807) is 0 Å². The minimum atomic E-state index is -0.368. The average molecular weight is 452 g/mol. The summed E-state index contributed by atoms with van der Waals surface area (Å²) in [5.74, 6) is -0.104. The number of benzene rings is 1. The minimum absolute atomic E-state index is 0.0733. The van der Waals surface area contributed by atoms with E-state index < -0.39 is 0 Å². The molecule has 2 amide bonds. The first-order chi connectivity index (χ1) is 15.6. The predicted molar refractivity (Wildman–Crippen MR) is 135 cm³/mol. The molecule has 1 aliphatic heterocycles. The quantitative estimate of drug-likeness (QED) is 0.477. The summed E-state index contributed by atoms with van der Waals surface area (Å²) in [6.07, 6.45) is 6.81. The molecule has 0 unspecified atom stereocenters. The molecule has 0 radical (unpaired) electrons. The number of unbranched alkanes of at least 4 members (excludes halogenated alkanes) is 2. The van der Waals surface area contributed by atoms with Crippen molar-refractivity contribution < 1.29 is 9.59 Å². The molecule has 33 heavy (non-hydrogen) atoms. The maximum atomic E-state index is 12.6. The zero-order chi connectivity index (χ0) is 24.2. The van der Waals surface area contributed by atoms with Crippen molar-refractivity contribution in [1.82, 2.24) is 9.47 Å². The number of rotatable bonds is 10. The normalized spacial score (nSPS) is 14.3. The molecular weight excluding hydrogens is 410 g/mol. The van der Waals surface area contributed by atoms with E-state index in [1.165, 1.54) is 11.3 Å². The Hall–Kier alpha value is -2.56. The van der Waals surface area contributed by atoms with Gasteiger partial charge in [0.25, 0.3) is 5.91 Å². The topological polar surface area (TPSA) is 68.3 Å². The summed E-state index contributed by atoms with van der Waals surface area (Å²) < 4.78 is 2.29. The maximum Gasteiger partial charge on any atom is 0.251 e. The summed E-state index contributed by atoms with van der Waals surface area (Å²) in [4.78, 5) is 26.6. The first-order valence-corrected chi connectivity index (χ1v) is 12.6. The third-order valence-corrected chi connectivity index (χ3v) is 6.92. The molecule has 1 aliphatic rings. The van der Waals surface area contributed by atoms with E-state index >= 15 is 0 Å². The molecule has 5 nitrogen and oxygen atoms in total. The van der Waals surface area contributed by atoms with Crippen LogP contribution in [0.3, 0.4) is 0 Å². The molecule has 1 aromatic carbocycles. The SMILES string of the molecule is CCCCCc1c(-c2ccc(C(C)(C)C)cc2)c(C(N)=O)c(C)n1CCCN1CCCC1=O. The number of primary amides is 1. The molecule has 0 spiro atoms. The summed E-state index contributed by atoms with van der Waals surface area (Å²) in [6, 6.07) is 8.61. The van der Waals surface area contributed by atoms with Crippen LogP contribution >= 0.6 is 0 Å². The monoisotopic (exact) mass is 451 g/mol. The van der Waals surface area contributed by atoms with Gasteiger partial charge in [-0.2, -0.15) is 0 Å². The van der Waals surface area contributed by atoms with Crippen LogP contribution in [-0.2, 0) is 23.2 Å². The third-order valence-electron chi connectivity index (χ3n) is 6.92. The minimum Gasteiger partial charge on any atom is -0.366 e. The molecule has 180 valence electrons. The van der Waals surface area contributed by atoms with Crippen LogP contribution < -0.4 is 5.73 Å². The van der Waals surface area contributed by atoms with E-state index in [2.05, 4.69) is 56.5 Å². The number of likely N-dealkylation sites (tertiary alicyclic amines) is 1. The molecule has 0 aliphatic carbocycles. The Kier molecular flexibility index (Phi) is 8.04. The van der Waals surface area contributed by atoms with Crippen LogP contribution in [0.15, 0.2) is 24.3 Å². The van der Waals surface area contributed by atoms with Gasteiger partial charge in [0.15, 0.2) is 0 Å². The Balaban J connectivity index is 1.99. The molecule has 2 N–H and O–H groups in total. The van der Waals surface area contributed by atoms with E-state index in [-0.39, 0.29) is 17.2 Å². The van der Waals surface area contributed by atoms with E-state index in [0.29, 0.717) is 12.0 Å². The van der Waals surface area contributed by atoms with E-state index in [4.69, 9.17) is 5.73 Å². The van der Waals surface area contributed by atoms with Crippen LogP contribution in [0.4, 0.5) is 0 Å². The fourth-order valence-electron chi connectivity index (χ4n) is 5.01.